The van der Waals surface area contributed by atoms with Gasteiger partial charge in [-0.1, -0.05) is 23.4 Å². The molecule has 0 spiro atoms. The van der Waals surface area contributed by atoms with E-state index in [-0.39, 0.29) is 17.9 Å². The van der Waals surface area contributed by atoms with E-state index in [9.17, 15) is 9.18 Å². The molecule has 2 aliphatic rings. The van der Waals surface area contributed by atoms with Crippen LogP contribution in [-0.2, 0) is 13.1 Å². The lowest BCUT2D eigenvalue weighted by Gasteiger charge is -2.34. The van der Waals surface area contributed by atoms with Crippen LogP contribution in [0.25, 0.3) is 0 Å². The van der Waals surface area contributed by atoms with Crippen molar-refractivity contribution >= 4 is 6.03 Å². The molecule has 1 N–H and O–H groups in total. The summed E-state index contributed by atoms with van der Waals surface area (Å²) in [4.78, 5) is 20.7. The van der Waals surface area contributed by atoms with Gasteiger partial charge in [0.05, 0.1) is 6.54 Å². The van der Waals surface area contributed by atoms with Crippen molar-refractivity contribution in [3.8, 4) is 0 Å². The molecule has 150 valence electrons. The maximum Gasteiger partial charge on any atom is 0.317 e. The lowest BCUT2D eigenvalue weighted by atomic mass is 10.0. The molecule has 8 heteroatoms. The Balaban J connectivity index is 1.27. The van der Waals surface area contributed by atoms with Gasteiger partial charge in [0.2, 0.25) is 5.89 Å². The SMILES string of the molecule is CN(Cc1noc(C2CC2)n1)C(=O)N[C@@H]1CCCN(Cc2ccccc2F)C1. The van der Waals surface area contributed by atoms with Gasteiger partial charge >= 0.3 is 6.03 Å². The number of nitrogens with zero attached hydrogens (tertiary/aromatic N) is 4. The van der Waals surface area contributed by atoms with Crippen molar-refractivity contribution in [1.29, 1.82) is 0 Å². The van der Waals surface area contributed by atoms with E-state index in [1.54, 1.807) is 18.0 Å². The minimum Gasteiger partial charge on any atom is -0.339 e. The second-order valence-electron chi connectivity index (χ2n) is 7.79. The first kappa shape index (κ1) is 18.9. The summed E-state index contributed by atoms with van der Waals surface area (Å²) in [7, 11) is 1.72. The zero-order valence-corrected chi connectivity index (χ0v) is 16.1. The zero-order chi connectivity index (χ0) is 19.5. The average Bonchev–Trinajstić information content (AvgIpc) is 3.43. The summed E-state index contributed by atoms with van der Waals surface area (Å²) < 4.78 is 19.1. The minimum absolute atomic E-state index is 0.0442. The van der Waals surface area contributed by atoms with Gasteiger partial charge in [-0.05, 0) is 38.3 Å². The lowest BCUT2D eigenvalue weighted by Crippen LogP contribution is -2.50. The molecule has 1 saturated carbocycles. The molecule has 1 aliphatic carbocycles. The highest BCUT2D eigenvalue weighted by molar-refractivity contribution is 5.74. The van der Waals surface area contributed by atoms with Crippen LogP contribution in [0.4, 0.5) is 9.18 Å². The van der Waals surface area contributed by atoms with Gasteiger partial charge in [-0.25, -0.2) is 9.18 Å². The zero-order valence-electron chi connectivity index (χ0n) is 16.1. The molecule has 1 saturated heterocycles. The van der Waals surface area contributed by atoms with Gasteiger partial charge in [0.25, 0.3) is 0 Å². The molecule has 1 atom stereocenters. The molecule has 2 amide bonds. The number of hydrogen-bond donors (Lipinski definition) is 1. The summed E-state index contributed by atoms with van der Waals surface area (Å²) >= 11 is 0. The molecule has 0 unspecified atom stereocenters. The highest BCUT2D eigenvalue weighted by Crippen LogP contribution is 2.38. The number of likely N-dealkylation sites (tertiary alicyclic amines) is 1. The number of aromatic nitrogens is 2. The van der Waals surface area contributed by atoms with E-state index in [1.165, 1.54) is 6.07 Å². The molecule has 1 aromatic carbocycles. The first-order chi connectivity index (χ1) is 13.6. The summed E-state index contributed by atoms with van der Waals surface area (Å²) in [6, 6.07) is 6.74. The Morgan fingerprint density at radius 1 is 1.36 bits per heavy atom. The molecule has 1 aliphatic heterocycles. The Morgan fingerprint density at radius 2 is 2.18 bits per heavy atom. The Hall–Kier alpha value is -2.48. The normalized spacial score (nSPS) is 20.1. The van der Waals surface area contributed by atoms with Crippen LogP contribution in [0.1, 0.15) is 48.9 Å². The number of carbonyl (C=O) groups is 1. The van der Waals surface area contributed by atoms with E-state index in [4.69, 9.17) is 4.52 Å². The van der Waals surface area contributed by atoms with Crippen molar-refractivity contribution in [2.75, 3.05) is 20.1 Å². The molecule has 4 rings (SSSR count). The molecule has 2 fully saturated rings. The van der Waals surface area contributed by atoms with Gasteiger partial charge in [-0.15, -0.1) is 0 Å². The number of piperidine rings is 1. The maximum absolute atomic E-state index is 13.9. The quantitative estimate of drug-likeness (QED) is 0.825. The van der Waals surface area contributed by atoms with Gasteiger partial charge in [0, 0.05) is 37.7 Å². The van der Waals surface area contributed by atoms with Crippen molar-refractivity contribution in [1.82, 2.24) is 25.3 Å². The van der Waals surface area contributed by atoms with Gasteiger partial charge < -0.3 is 14.7 Å². The third-order valence-corrected chi connectivity index (χ3v) is 5.32. The van der Waals surface area contributed by atoms with Crippen LogP contribution >= 0.6 is 0 Å². The monoisotopic (exact) mass is 387 g/mol. The Kier molecular flexibility index (Phi) is 5.57. The fraction of sp³-hybridized carbons (Fsp3) is 0.550. The van der Waals surface area contributed by atoms with E-state index < -0.39 is 0 Å². The number of benzene rings is 1. The van der Waals surface area contributed by atoms with Crippen LogP contribution in [0.2, 0.25) is 0 Å². The second kappa shape index (κ2) is 8.26. The Labute approximate surface area is 163 Å². The minimum atomic E-state index is -0.181. The number of nitrogens with one attached hydrogen (secondary N) is 1. The van der Waals surface area contributed by atoms with Crippen molar-refractivity contribution < 1.29 is 13.7 Å². The maximum atomic E-state index is 13.9. The largest absolute Gasteiger partial charge is 0.339 e. The number of urea groups is 1. The first-order valence-electron chi connectivity index (χ1n) is 9.88. The summed E-state index contributed by atoms with van der Waals surface area (Å²) in [5.74, 6) is 1.44. The molecule has 0 bridgehead atoms. The number of hydrogen-bond acceptors (Lipinski definition) is 5. The van der Waals surface area contributed by atoms with E-state index in [0.29, 0.717) is 42.8 Å². The highest BCUT2D eigenvalue weighted by Gasteiger charge is 2.30. The van der Waals surface area contributed by atoms with Crippen LogP contribution in [0.5, 0.6) is 0 Å². The van der Waals surface area contributed by atoms with E-state index in [1.807, 2.05) is 12.1 Å². The average molecular weight is 387 g/mol. The number of rotatable bonds is 6. The highest BCUT2D eigenvalue weighted by atomic mass is 19.1. The predicted molar refractivity (Wildman–Crippen MR) is 101 cm³/mol. The number of halogens is 1. The standard InChI is InChI=1S/C20H26FN5O2/c1-25(13-18-23-19(28-24-18)14-8-9-14)20(27)22-16-6-4-10-26(12-16)11-15-5-2-3-7-17(15)21/h2-3,5,7,14,16H,4,6,8-13H2,1H3,(H,22,27)/t16-/m1/s1. The molecule has 28 heavy (non-hydrogen) atoms. The summed E-state index contributed by atoms with van der Waals surface area (Å²) in [6.45, 7) is 2.49. The summed E-state index contributed by atoms with van der Waals surface area (Å²) in [5, 5.41) is 7.04. The van der Waals surface area contributed by atoms with E-state index >= 15 is 0 Å². The van der Waals surface area contributed by atoms with Crippen LogP contribution in [0.15, 0.2) is 28.8 Å². The van der Waals surface area contributed by atoms with Crippen LogP contribution in [0, 0.1) is 5.82 Å². The molecule has 2 aromatic rings. The second-order valence-corrected chi connectivity index (χ2v) is 7.79. The number of amides is 2. The number of carbonyl (C=O) groups excluding carboxylic acids is 1. The summed E-state index contributed by atoms with van der Waals surface area (Å²) in [6.07, 6.45) is 4.09. The molecular weight excluding hydrogens is 361 g/mol. The Bertz CT molecular complexity index is 822. The third-order valence-electron chi connectivity index (χ3n) is 5.32. The van der Waals surface area contributed by atoms with Gasteiger partial charge in [0.1, 0.15) is 5.82 Å². The third kappa shape index (κ3) is 4.67. The van der Waals surface area contributed by atoms with Gasteiger partial charge in [0.15, 0.2) is 5.82 Å². The van der Waals surface area contributed by atoms with Crippen LogP contribution < -0.4 is 5.32 Å². The van der Waals surface area contributed by atoms with Crippen molar-refractivity contribution in [3.05, 3.63) is 47.4 Å². The summed E-state index contributed by atoms with van der Waals surface area (Å²) in [5.41, 5.74) is 0.690. The van der Waals surface area contributed by atoms with Crippen LogP contribution in [0.3, 0.4) is 0 Å². The first-order valence-corrected chi connectivity index (χ1v) is 9.88. The van der Waals surface area contributed by atoms with Crippen LogP contribution in [-0.4, -0.2) is 52.2 Å². The van der Waals surface area contributed by atoms with Gasteiger partial charge in [-0.3, -0.25) is 4.90 Å². The fourth-order valence-electron chi connectivity index (χ4n) is 3.58. The topological polar surface area (TPSA) is 74.5 Å². The Morgan fingerprint density at radius 3 is 2.96 bits per heavy atom. The molecule has 1 aromatic heterocycles. The molecule has 0 radical (unpaired) electrons. The van der Waals surface area contributed by atoms with Crippen molar-refractivity contribution in [2.45, 2.75) is 50.7 Å². The van der Waals surface area contributed by atoms with E-state index in [2.05, 4.69) is 20.4 Å². The molecule has 2 heterocycles. The molecule has 7 nitrogen and oxygen atoms in total. The fourth-order valence-corrected chi connectivity index (χ4v) is 3.58. The van der Waals surface area contributed by atoms with Gasteiger partial charge in [-0.2, -0.15) is 4.98 Å². The van der Waals surface area contributed by atoms with E-state index in [0.717, 1.165) is 32.2 Å². The van der Waals surface area contributed by atoms with Crippen molar-refractivity contribution in [3.63, 3.8) is 0 Å². The van der Waals surface area contributed by atoms with Crippen molar-refractivity contribution in [2.24, 2.45) is 0 Å². The smallest absolute Gasteiger partial charge is 0.317 e. The predicted octanol–water partition coefficient (Wildman–Crippen LogP) is 2.89. The lowest BCUT2D eigenvalue weighted by molar-refractivity contribution is 0.165. The molecular formula is C20H26FN5O2.